The lowest BCUT2D eigenvalue weighted by molar-refractivity contribution is 0.0462. The number of benzene rings is 1. The smallest absolute Gasteiger partial charge is 0.294 e. The van der Waals surface area contributed by atoms with Crippen LogP contribution < -0.4 is 10.1 Å². The van der Waals surface area contributed by atoms with E-state index in [9.17, 15) is 9.18 Å². The summed E-state index contributed by atoms with van der Waals surface area (Å²) in [6.07, 6.45) is 11.7. The van der Waals surface area contributed by atoms with Crippen LogP contribution in [0.5, 0.6) is 5.75 Å². The molecule has 2 N–H and O–H groups in total. The van der Waals surface area contributed by atoms with Gasteiger partial charge in [-0.25, -0.2) is 9.37 Å². The predicted octanol–water partition coefficient (Wildman–Crippen LogP) is 5.88. The van der Waals surface area contributed by atoms with Crippen molar-refractivity contribution in [3.8, 4) is 16.9 Å². The third kappa shape index (κ3) is 6.75. The number of pyridine rings is 1. The second kappa shape index (κ2) is 12.5. The first-order valence-corrected chi connectivity index (χ1v) is 13.7. The van der Waals surface area contributed by atoms with Crippen molar-refractivity contribution in [2.75, 3.05) is 25.1 Å². The summed E-state index contributed by atoms with van der Waals surface area (Å²) >= 11 is 0. The Hall–Kier alpha value is -3.33. The molecular weight excluding hydrogens is 485 g/mol. The summed E-state index contributed by atoms with van der Waals surface area (Å²) in [6.45, 7) is 4.03. The second-order valence-corrected chi connectivity index (χ2v) is 10.5. The van der Waals surface area contributed by atoms with Gasteiger partial charge in [-0.2, -0.15) is 0 Å². The van der Waals surface area contributed by atoms with Crippen molar-refractivity contribution < 1.29 is 18.7 Å². The van der Waals surface area contributed by atoms with E-state index in [0.717, 1.165) is 50.3 Å². The third-order valence-electron chi connectivity index (χ3n) is 7.58. The largest absolute Gasteiger partial charge is 0.494 e. The predicted molar refractivity (Wildman–Crippen MR) is 143 cm³/mol. The molecule has 2 aromatic heterocycles. The van der Waals surface area contributed by atoms with Crippen molar-refractivity contribution >= 4 is 11.7 Å². The molecule has 0 radical (unpaired) electrons. The number of H-pyrrole nitrogens is 1. The van der Waals surface area contributed by atoms with Crippen LogP contribution in [0.25, 0.3) is 11.1 Å². The number of halogens is 1. The molecule has 1 atom stereocenters. The number of carbonyl (C=O) groups is 1. The normalized spacial score (nSPS) is 18.3. The van der Waals surface area contributed by atoms with Gasteiger partial charge < -0.3 is 19.8 Å². The van der Waals surface area contributed by atoms with Crippen LogP contribution in [0.4, 0.5) is 10.2 Å². The molecule has 1 aromatic carbocycles. The minimum atomic E-state index is -0.432. The van der Waals surface area contributed by atoms with Gasteiger partial charge in [0, 0.05) is 31.4 Å². The molecule has 3 heterocycles. The molecule has 2 aliphatic rings. The van der Waals surface area contributed by atoms with Gasteiger partial charge in [-0.3, -0.25) is 4.79 Å². The van der Waals surface area contributed by atoms with Gasteiger partial charge >= 0.3 is 0 Å². The fourth-order valence-electron chi connectivity index (χ4n) is 5.39. The molecular formula is C29H36FN5O3. The first-order chi connectivity index (χ1) is 18.5. The molecule has 0 bridgehead atoms. The van der Waals surface area contributed by atoms with Gasteiger partial charge in [0.1, 0.15) is 23.2 Å². The maximum Gasteiger partial charge on any atom is 0.294 e. The molecule has 9 heteroatoms. The minimum Gasteiger partial charge on any atom is -0.494 e. The van der Waals surface area contributed by atoms with Crippen LogP contribution in [0.3, 0.4) is 0 Å². The molecule has 1 saturated heterocycles. The molecule has 8 nitrogen and oxygen atoms in total. The maximum absolute atomic E-state index is 14.9. The number of aromatic nitrogens is 4. The number of hydrogen-bond donors (Lipinski definition) is 2. The van der Waals surface area contributed by atoms with Gasteiger partial charge in [-0.1, -0.05) is 32.1 Å². The Balaban J connectivity index is 1.24. The van der Waals surface area contributed by atoms with Crippen LogP contribution in [0.1, 0.15) is 73.4 Å². The molecule has 3 aromatic rings. The summed E-state index contributed by atoms with van der Waals surface area (Å²) in [4.78, 5) is 20.2. The summed E-state index contributed by atoms with van der Waals surface area (Å²) in [5.41, 5.74) is 1.82. The van der Waals surface area contributed by atoms with E-state index >= 15 is 0 Å². The highest BCUT2D eigenvalue weighted by Gasteiger charge is 2.19. The average molecular weight is 522 g/mol. The lowest BCUT2D eigenvalue weighted by Crippen LogP contribution is -2.19. The Morgan fingerprint density at radius 3 is 2.76 bits per heavy atom. The number of aromatic amines is 1. The first-order valence-electron chi connectivity index (χ1n) is 13.7. The van der Waals surface area contributed by atoms with Crippen LogP contribution >= 0.6 is 0 Å². The molecule has 202 valence electrons. The van der Waals surface area contributed by atoms with E-state index in [0.29, 0.717) is 41.1 Å². The van der Waals surface area contributed by atoms with Crippen molar-refractivity contribution in [2.24, 2.45) is 11.8 Å². The van der Waals surface area contributed by atoms with Crippen LogP contribution in [-0.2, 0) is 11.2 Å². The lowest BCUT2D eigenvalue weighted by Gasteiger charge is -2.22. The van der Waals surface area contributed by atoms with Crippen molar-refractivity contribution in [3.63, 3.8) is 0 Å². The summed E-state index contributed by atoms with van der Waals surface area (Å²) in [5.74, 6) is 2.08. The monoisotopic (exact) mass is 521 g/mol. The molecule has 38 heavy (non-hydrogen) atoms. The van der Waals surface area contributed by atoms with Crippen molar-refractivity contribution in [2.45, 2.75) is 64.7 Å². The average Bonchev–Trinajstić information content (AvgIpc) is 3.41. The Kier molecular flexibility index (Phi) is 8.63. The highest BCUT2D eigenvalue weighted by Crippen LogP contribution is 2.31. The molecule has 1 aliphatic heterocycles. The topological polar surface area (TPSA) is 102 Å². The standard InChI is InChI=1S/C29H36FN5O3/c1-19-17-31-26(33-29(36)28-32-27(34-35-28)14-20-6-3-2-4-7-20)16-23(19)24-15-22(9-10-25(24)30)38-13-11-21-8-5-12-37-18-21/h9-10,15-17,20-21H,2-8,11-14,18H2,1H3,(H,31,33,36)(H,32,34,35). The molecule has 1 aliphatic carbocycles. The number of amides is 1. The molecule has 1 amide bonds. The summed E-state index contributed by atoms with van der Waals surface area (Å²) in [6, 6.07) is 6.43. The zero-order valence-electron chi connectivity index (χ0n) is 22.0. The third-order valence-corrected chi connectivity index (χ3v) is 7.58. The molecule has 1 saturated carbocycles. The Morgan fingerprint density at radius 1 is 1.11 bits per heavy atom. The number of hydrogen-bond acceptors (Lipinski definition) is 6. The number of nitrogens with one attached hydrogen (secondary N) is 2. The van der Waals surface area contributed by atoms with Crippen molar-refractivity contribution in [1.29, 1.82) is 0 Å². The number of rotatable bonds is 9. The van der Waals surface area contributed by atoms with Gasteiger partial charge in [0.25, 0.3) is 5.91 Å². The Bertz CT molecular complexity index is 1230. The molecule has 0 spiro atoms. The van der Waals surface area contributed by atoms with Crippen LogP contribution in [0, 0.1) is 24.6 Å². The fraction of sp³-hybridized carbons (Fsp3) is 0.517. The maximum atomic E-state index is 14.9. The Morgan fingerprint density at radius 2 is 1.95 bits per heavy atom. The number of aryl methyl sites for hydroxylation is 1. The minimum absolute atomic E-state index is 0.143. The van der Waals surface area contributed by atoms with E-state index in [1.807, 2.05) is 6.92 Å². The van der Waals surface area contributed by atoms with Gasteiger partial charge in [0.05, 0.1) is 6.61 Å². The summed E-state index contributed by atoms with van der Waals surface area (Å²) < 4.78 is 26.4. The molecule has 1 unspecified atom stereocenters. The number of ether oxygens (including phenoxy) is 2. The van der Waals surface area contributed by atoms with E-state index in [1.54, 1.807) is 24.4 Å². The summed E-state index contributed by atoms with van der Waals surface area (Å²) in [7, 11) is 0. The Labute approximate surface area is 222 Å². The number of anilines is 1. The molecule has 2 fully saturated rings. The highest BCUT2D eigenvalue weighted by atomic mass is 19.1. The van der Waals surface area contributed by atoms with Crippen LogP contribution in [0.2, 0.25) is 0 Å². The van der Waals surface area contributed by atoms with Gasteiger partial charge in [-0.15, -0.1) is 10.2 Å². The number of nitrogens with zero attached hydrogens (tertiary/aromatic N) is 3. The lowest BCUT2D eigenvalue weighted by atomic mass is 9.87. The zero-order chi connectivity index (χ0) is 26.3. The van der Waals surface area contributed by atoms with Crippen LogP contribution in [0.15, 0.2) is 30.5 Å². The van der Waals surface area contributed by atoms with E-state index in [-0.39, 0.29) is 11.6 Å². The van der Waals surface area contributed by atoms with Crippen LogP contribution in [-0.4, -0.2) is 45.9 Å². The number of carbonyl (C=O) groups excluding carboxylic acids is 1. The van der Waals surface area contributed by atoms with E-state index in [4.69, 9.17) is 9.47 Å². The highest BCUT2D eigenvalue weighted by molar-refractivity contribution is 6.01. The van der Waals surface area contributed by atoms with Crippen molar-refractivity contribution in [1.82, 2.24) is 20.2 Å². The van der Waals surface area contributed by atoms with Gasteiger partial charge in [0.15, 0.2) is 0 Å². The van der Waals surface area contributed by atoms with Crippen molar-refractivity contribution in [3.05, 3.63) is 53.5 Å². The van der Waals surface area contributed by atoms with Gasteiger partial charge in [-0.05, 0) is 73.4 Å². The van der Waals surface area contributed by atoms with E-state index in [1.165, 1.54) is 38.2 Å². The second-order valence-electron chi connectivity index (χ2n) is 10.5. The van der Waals surface area contributed by atoms with E-state index in [2.05, 4.69) is 25.5 Å². The molecule has 5 rings (SSSR count). The first kappa shape index (κ1) is 26.3. The fourth-order valence-corrected chi connectivity index (χ4v) is 5.39. The summed E-state index contributed by atoms with van der Waals surface area (Å²) in [5, 5.41) is 11.0. The SMILES string of the molecule is Cc1cnc(NC(=O)c2nnc(CC3CCCCC3)[nH]2)cc1-c1cc(OCCC2CCCOC2)ccc1F. The van der Waals surface area contributed by atoms with Gasteiger partial charge in [0.2, 0.25) is 5.82 Å². The van der Waals surface area contributed by atoms with E-state index < -0.39 is 5.91 Å². The quantitative estimate of drug-likeness (QED) is 0.364. The zero-order valence-corrected chi connectivity index (χ0v) is 22.0.